The van der Waals surface area contributed by atoms with Gasteiger partial charge < -0.3 is 15.4 Å². The minimum Gasteiger partial charge on any atom is -0.495 e. The fourth-order valence-corrected chi connectivity index (χ4v) is 2.58. The van der Waals surface area contributed by atoms with Gasteiger partial charge in [0.15, 0.2) is 0 Å². The second-order valence-corrected chi connectivity index (χ2v) is 6.37. The van der Waals surface area contributed by atoms with Crippen molar-refractivity contribution in [2.24, 2.45) is 0 Å². The minimum atomic E-state index is -4.59. The molecule has 29 heavy (non-hydrogen) atoms. The largest absolute Gasteiger partial charge is 0.495 e. The highest BCUT2D eigenvalue weighted by molar-refractivity contribution is 5.97. The van der Waals surface area contributed by atoms with Gasteiger partial charge in [0.1, 0.15) is 5.75 Å². The van der Waals surface area contributed by atoms with Gasteiger partial charge in [-0.3, -0.25) is 14.5 Å². The minimum absolute atomic E-state index is 0.271. The lowest BCUT2D eigenvalue weighted by atomic mass is 10.1. The summed E-state index contributed by atoms with van der Waals surface area (Å²) in [7, 11) is 3.01. The third-order valence-electron chi connectivity index (χ3n) is 4.31. The molecule has 2 N–H and O–H groups in total. The van der Waals surface area contributed by atoms with Crippen molar-refractivity contribution >= 4 is 23.2 Å². The molecule has 0 aliphatic heterocycles. The molecule has 2 amide bonds. The molecular formula is C20H22F3N3O3. The first-order chi connectivity index (χ1) is 13.6. The first-order valence-electron chi connectivity index (χ1n) is 8.73. The van der Waals surface area contributed by atoms with Crippen LogP contribution in [0.15, 0.2) is 48.5 Å². The van der Waals surface area contributed by atoms with Crippen molar-refractivity contribution in [1.29, 1.82) is 0 Å². The Bertz CT molecular complexity index is 871. The number of hydrogen-bond acceptors (Lipinski definition) is 4. The van der Waals surface area contributed by atoms with Crippen LogP contribution in [-0.4, -0.2) is 43.5 Å². The molecule has 2 aromatic carbocycles. The molecule has 0 bridgehead atoms. The molecule has 9 heteroatoms. The first kappa shape index (κ1) is 22.2. The molecular weight excluding hydrogens is 387 g/mol. The number of halogens is 3. The van der Waals surface area contributed by atoms with Gasteiger partial charge in [0, 0.05) is 0 Å². The molecule has 0 unspecified atom stereocenters. The van der Waals surface area contributed by atoms with Crippen molar-refractivity contribution in [2.75, 3.05) is 31.3 Å². The molecule has 0 saturated carbocycles. The summed E-state index contributed by atoms with van der Waals surface area (Å²) in [4.78, 5) is 26.1. The summed E-state index contributed by atoms with van der Waals surface area (Å²) in [5.74, 6) is -0.571. The lowest BCUT2D eigenvalue weighted by Crippen LogP contribution is -2.43. The molecule has 2 rings (SSSR count). The van der Waals surface area contributed by atoms with E-state index in [1.807, 2.05) is 0 Å². The molecule has 0 radical (unpaired) electrons. The molecule has 0 saturated heterocycles. The Balaban J connectivity index is 2.00. The quantitative estimate of drug-likeness (QED) is 0.733. The summed E-state index contributed by atoms with van der Waals surface area (Å²) in [6, 6.07) is 10.8. The number of nitrogens with zero attached hydrogens (tertiary/aromatic N) is 1. The van der Waals surface area contributed by atoms with Crippen LogP contribution >= 0.6 is 0 Å². The fourth-order valence-electron chi connectivity index (χ4n) is 2.58. The van der Waals surface area contributed by atoms with E-state index < -0.39 is 23.7 Å². The number of ether oxygens (including phenoxy) is 1. The maximum absolute atomic E-state index is 13.0. The molecule has 2 aromatic rings. The van der Waals surface area contributed by atoms with E-state index in [2.05, 4.69) is 10.6 Å². The first-order valence-corrected chi connectivity index (χ1v) is 8.73. The van der Waals surface area contributed by atoms with E-state index in [4.69, 9.17) is 4.74 Å². The summed E-state index contributed by atoms with van der Waals surface area (Å²) in [6.45, 7) is 1.31. The van der Waals surface area contributed by atoms with E-state index in [1.165, 1.54) is 37.3 Å². The number of methoxy groups -OCH3 is 1. The van der Waals surface area contributed by atoms with Crippen LogP contribution in [0.5, 0.6) is 5.75 Å². The molecule has 156 valence electrons. The van der Waals surface area contributed by atoms with Gasteiger partial charge >= 0.3 is 6.18 Å². The molecule has 0 aliphatic carbocycles. The molecule has 0 spiro atoms. The standard InChI is InChI=1S/C20H22F3N3O3/c1-13(19(28)25-16-10-6-7-11-17(16)29-3)26(2)12-18(27)24-15-9-5-4-8-14(15)20(21,22)23/h4-11,13H,12H2,1-3H3,(H,24,27)(H,25,28)/t13-/m0/s1. The number of hydrogen-bond donors (Lipinski definition) is 2. The maximum atomic E-state index is 13.0. The number of para-hydroxylation sites is 3. The Morgan fingerprint density at radius 2 is 1.62 bits per heavy atom. The van der Waals surface area contributed by atoms with Crippen molar-refractivity contribution in [1.82, 2.24) is 4.90 Å². The number of nitrogens with one attached hydrogen (secondary N) is 2. The van der Waals surface area contributed by atoms with Gasteiger partial charge in [-0.25, -0.2) is 0 Å². The van der Waals surface area contributed by atoms with Crippen LogP contribution in [0.3, 0.4) is 0 Å². The van der Waals surface area contributed by atoms with Crippen molar-refractivity contribution in [3.63, 3.8) is 0 Å². The van der Waals surface area contributed by atoms with Crippen LogP contribution in [0.4, 0.5) is 24.5 Å². The number of anilines is 2. The number of likely N-dealkylation sites (N-methyl/N-ethyl adjacent to an activating group) is 1. The third-order valence-corrected chi connectivity index (χ3v) is 4.31. The highest BCUT2D eigenvalue weighted by Crippen LogP contribution is 2.34. The number of benzene rings is 2. The van der Waals surface area contributed by atoms with Gasteiger partial charge in [-0.15, -0.1) is 0 Å². The molecule has 0 aromatic heterocycles. The van der Waals surface area contributed by atoms with Crippen molar-refractivity contribution < 1.29 is 27.5 Å². The average Bonchev–Trinajstić information content (AvgIpc) is 2.67. The molecule has 0 fully saturated rings. The van der Waals surface area contributed by atoms with Gasteiger partial charge in [0.05, 0.1) is 36.6 Å². The maximum Gasteiger partial charge on any atom is 0.418 e. The normalized spacial score (nSPS) is 12.4. The Morgan fingerprint density at radius 3 is 2.24 bits per heavy atom. The van der Waals surface area contributed by atoms with Crippen molar-refractivity contribution in [2.45, 2.75) is 19.1 Å². The third kappa shape index (κ3) is 5.95. The molecule has 0 aliphatic rings. The summed E-state index contributed by atoms with van der Waals surface area (Å²) < 4.78 is 44.3. The summed E-state index contributed by atoms with van der Waals surface area (Å²) in [5, 5.41) is 4.97. The number of amides is 2. The monoisotopic (exact) mass is 409 g/mol. The second-order valence-electron chi connectivity index (χ2n) is 6.37. The predicted octanol–water partition coefficient (Wildman–Crippen LogP) is 3.61. The van der Waals surface area contributed by atoms with Crippen molar-refractivity contribution in [3.8, 4) is 5.75 Å². The smallest absolute Gasteiger partial charge is 0.418 e. The van der Waals surface area contributed by atoms with E-state index in [-0.39, 0.29) is 18.1 Å². The lowest BCUT2D eigenvalue weighted by Gasteiger charge is -2.24. The van der Waals surface area contributed by atoms with Gasteiger partial charge in [0.25, 0.3) is 0 Å². The zero-order valence-electron chi connectivity index (χ0n) is 16.2. The van der Waals surface area contributed by atoms with Crippen LogP contribution in [0, 0.1) is 0 Å². The van der Waals surface area contributed by atoms with Crippen LogP contribution < -0.4 is 15.4 Å². The van der Waals surface area contributed by atoms with Gasteiger partial charge in [0.2, 0.25) is 11.8 Å². The molecule has 1 atom stereocenters. The van der Waals surface area contributed by atoms with Gasteiger partial charge in [-0.05, 0) is 38.2 Å². The fraction of sp³-hybridized carbons (Fsp3) is 0.300. The van der Waals surface area contributed by atoms with E-state index in [0.29, 0.717) is 11.4 Å². The lowest BCUT2D eigenvalue weighted by molar-refractivity contribution is -0.137. The highest BCUT2D eigenvalue weighted by Gasteiger charge is 2.33. The van der Waals surface area contributed by atoms with Gasteiger partial charge in [-0.2, -0.15) is 13.2 Å². The van der Waals surface area contributed by atoms with Crippen LogP contribution in [0.25, 0.3) is 0 Å². The second kappa shape index (κ2) is 9.42. The zero-order valence-corrected chi connectivity index (χ0v) is 16.2. The number of carbonyl (C=O) groups excluding carboxylic acids is 2. The Hall–Kier alpha value is -3.07. The molecule has 6 nitrogen and oxygen atoms in total. The predicted molar refractivity (Wildman–Crippen MR) is 104 cm³/mol. The van der Waals surface area contributed by atoms with Crippen molar-refractivity contribution in [3.05, 3.63) is 54.1 Å². The summed E-state index contributed by atoms with van der Waals surface area (Å²) in [5.41, 5.74) is -0.786. The summed E-state index contributed by atoms with van der Waals surface area (Å²) >= 11 is 0. The Morgan fingerprint density at radius 1 is 1.03 bits per heavy atom. The van der Waals surface area contributed by atoms with E-state index in [1.54, 1.807) is 31.2 Å². The Labute approximate surface area is 166 Å². The number of alkyl halides is 3. The topological polar surface area (TPSA) is 70.7 Å². The van der Waals surface area contributed by atoms with Gasteiger partial charge in [-0.1, -0.05) is 24.3 Å². The molecule has 0 heterocycles. The highest BCUT2D eigenvalue weighted by atomic mass is 19.4. The van der Waals surface area contributed by atoms with Crippen LogP contribution in [0.2, 0.25) is 0 Å². The van der Waals surface area contributed by atoms with Crippen LogP contribution in [0.1, 0.15) is 12.5 Å². The van der Waals surface area contributed by atoms with E-state index >= 15 is 0 Å². The zero-order chi connectivity index (χ0) is 21.6. The Kier molecular flexibility index (Phi) is 7.22. The van der Waals surface area contributed by atoms with Crippen LogP contribution in [-0.2, 0) is 15.8 Å². The SMILES string of the molecule is COc1ccccc1NC(=O)[C@H](C)N(C)CC(=O)Nc1ccccc1C(F)(F)F. The number of carbonyl (C=O) groups is 2. The summed E-state index contributed by atoms with van der Waals surface area (Å²) in [6.07, 6.45) is -4.59. The van der Waals surface area contributed by atoms with E-state index in [9.17, 15) is 22.8 Å². The average molecular weight is 409 g/mol. The number of rotatable bonds is 7. The van der Waals surface area contributed by atoms with E-state index in [0.717, 1.165) is 6.07 Å².